The van der Waals surface area contributed by atoms with E-state index in [-0.39, 0.29) is 28.4 Å². The van der Waals surface area contributed by atoms with Gasteiger partial charge in [-0.3, -0.25) is 0 Å². The van der Waals surface area contributed by atoms with Crippen LogP contribution in [0.25, 0.3) is 0 Å². The normalized spacial score (nSPS) is 9.76. The first-order valence-corrected chi connectivity index (χ1v) is 6.64. The molecule has 0 aliphatic heterocycles. The van der Waals surface area contributed by atoms with E-state index in [0.29, 0.717) is 0 Å². The van der Waals surface area contributed by atoms with Crippen LogP contribution in [-0.2, 0) is 0 Å². The average Bonchev–Trinajstić information content (AvgIpc) is 2.48. The number of hydrogen-bond acceptors (Lipinski definition) is 4. The lowest BCUT2D eigenvalue weighted by atomic mass is 10.1. The average molecular weight is 348 g/mol. The van der Waals surface area contributed by atoms with Crippen molar-refractivity contribution < 1.29 is 19.4 Å². The Bertz CT molecular complexity index is 737. The van der Waals surface area contributed by atoms with Crippen LogP contribution >= 0.6 is 15.9 Å². The molecule has 0 unspecified atom stereocenters. The Morgan fingerprint density at radius 3 is 2.67 bits per heavy atom. The Morgan fingerprint density at radius 1 is 1.29 bits per heavy atom. The highest BCUT2D eigenvalue weighted by molar-refractivity contribution is 9.10. The maximum Gasteiger partial charge on any atom is 0.339 e. The monoisotopic (exact) mass is 347 g/mol. The second kappa shape index (κ2) is 6.29. The Labute approximate surface area is 129 Å². The van der Waals surface area contributed by atoms with E-state index in [1.54, 1.807) is 30.3 Å². The molecule has 0 aliphatic rings. The molecule has 0 aromatic heterocycles. The van der Waals surface area contributed by atoms with Crippen LogP contribution in [-0.4, -0.2) is 18.2 Å². The minimum absolute atomic E-state index is 0.0406. The lowest BCUT2D eigenvalue weighted by molar-refractivity contribution is 0.0693. The molecule has 0 saturated carbocycles. The molecule has 0 radical (unpaired) electrons. The summed E-state index contributed by atoms with van der Waals surface area (Å²) >= 11 is 3.26. The van der Waals surface area contributed by atoms with Crippen LogP contribution in [0.1, 0.15) is 15.9 Å². The van der Waals surface area contributed by atoms with E-state index < -0.39 is 5.97 Å². The summed E-state index contributed by atoms with van der Waals surface area (Å²) in [5, 5.41) is 18.4. The fourth-order valence-corrected chi connectivity index (χ4v) is 2.10. The van der Waals surface area contributed by atoms with E-state index in [2.05, 4.69) is 15.9 Å². The highest BCUT2D eigenvalue weighted by Gasteiger charge is 2.18. The van der Waals surface area contributed by atoms with Crippen LogP contribution in [0.5, 0.6) is 17.2 Å². The molecule has 21 heavy (non-hydrogen) atoms. The van der Waals surface area contributed by atoms with Gasteiger partial charge in [-0.05, 0) is 30.3 Å². The van der Waals surface area contributed by atoms with E-state index in [1.807, 2.05) is 6.07 Å². The lowest BCUT2D eigenvalue weighted by Gasteiger charge is -2.13. The third-order valence-corrected chi connectivity index (χ3v) is 3.20. The quantitative estimate of drug-likeness (QED) is 0.909. The number of hydrogen-bond donors (Lipinski definition) is 1. The molecule has 0 aliphatic carbocycles. The Hall–Kier alpha value is -2.52. The fraction of sp³-hybridized carbons (Fsp3) is 0.0667. The topological polar surface area (TPSA) is 79.6 Å². The van der Waals surface area contributed by atoms with Gasteiger partial charge in [-0.2, -0.15) is 5.26 Å². The molecule has 0 amide bonds. The number of carboxylic acid groups (broad SMARTS) is 1. The first-order valence-electron chi connectivity index (χ1n) is 5.84. The summed E-state index contributed by atoms with van der Waals surface area (Å²) < 4.78 is 11.5. The third-order valence-electron chi connectivity index (χ3n) is 2.70. The Balaban J connectivity index is 2.54. The van der Waals surface area contributed by atoms with Gasteiger partial charge in [0.25, 0.3) is 0 Å². The van der Waals surface area contributed by atoms with Crippen molar-refractivity contribution in [1.82, 2.24) is 0 Å². The second-order valence-corrected chi connectivity index (χ2v) is 4.91. The van der Waals surface area contributed by atoms with E-state index in [1.165, 1.54) is 13.2 Å². The van der Waals surface area contributed by atoms with E-state index in [4.69, 9.17) is 14.7 Å². The van der Waals surface area contributed by atoms with Crippen molar-refractivity contribution in [2.75, 3.05) is 7.11 Å². The van der Waals surface area contributed by atoms with Crippen LogP contribution in [0, 0.1) is 11.3 Å². The number of para-hydroxylation sites is 1. The summed E-state index contributed by atoms with van der Waals surface area (Å²) in [6, 6.07) is 11.4. The zero-order valence-corrected chi connectivity index (χ0v) is 12.5. The zero-order chi connectivity index (χ0) is 15.4. The van der Waals surface area contributed by atoms with Gasteiger partial charge in [0, 0.05) is 4.47 Å². The molecule has 5 nitrogen and oxygen atoms in total. The second-order valence-electron chi connectivity index (χ2n) is 4.00. The molecular weight excluding hydrogens is 338 g/mol. The van der Waals surface area contributed by atoms with Gasteiger partial charge < -0.3 is 14.6 Å². The molecule has 6 heteroatoms. The maximum absolute atomic E-state index is 11.3. The van der Waals surface area contributed by atoms with Crippen molar-refractivity contribution in [3.63, 3.8) is 0 Å². The number of rotatable bonds is 4. The number of aromatic carboxylic acids is 1. The predicted octanol–water partition coefficient (Wildman–Crippen LogP) is 3.82. The van der Waals surface area contributed by atoms with E-state index in [0.717, 1.165) is 4.47 Å². The first kappa shape index (κ1) is 14.9. The summed E-state index contributed by atoms with van der Waals surface area (Å²) in [5.41, 5.74) is 0.243. The number of benzene rings is 2. The minimum Gasteiger partial charge on any atom is -0.493 e. The smallest absolute Gasteiger partial charge is 0.339 e. The first-order chi connectivity index (χ1) is 10.1. The Kier molecular flexibility index (Phi) is 4.45. The number of nitrogens with zero attached hydrogens (tertiary/aromatic N) is 1. The number of carboxylic acids is 1. The zero-order valence-electron chi connectivity index (χ0n) is 11.0. The van der Waals surface area contributed by atoms with Crippen LogP contribution in [0.3, 0.4) is 0 Å². The van der Waals surface area contributed by atoms with Gasteiger partial charge in [-0.25, -0.2) is 4.79 Å². The summed E-state index contributed by atoms with van der Waals surface area (Å²) in [4.78, 5) is 11.3. The molecule has 2 rings (SSSR count). The van der Waals surface area contributed by atoms with Crippen molar-refractivity contribution in [2.24, 2.45) is 0 Å². The molecule has 0 saturated heterocycles. The highest BCUT2D eigenvalue weighted by Crippen LogP contribution is 2.36. The summed E-state index contributed by atoms with van der Waals surface area (Å²) in [6.45, 7) is 0. The molecule has 0 fully saturated rings. The third kappa shape index (κ3) is 3.15. The number of ether oxygens (including phenoxy) is 2. The minimum atomic E-state index is -1.14. The fourth-order valence-electron chi connectivity index (χ4n) is 1.74. The Morgan fingerprint density at radius 2 is 2.05 bits per heavy atom. The standard InChI is InChI=1S/C15H10BrNO4/c1-20-13-4-2-3-11(15(18)19)14(13)21-12-6-5-10(16)7-9(12)8-17/h2-7H,1H3,(H,18,19). The van der Waals surface area contributed by atoms with Gasteiger partial charge in [0.1, 0.15) is 17.4 Å². The summed E-state index contributed by atoms with van der Waals surface area (Å²) in [5.74, 6) is -0.541. The number of halogens is 1. The molecule has 0 atom stereocenters. The van der Waals surface area contributed by atoms with E-state index >= 15 is 0 Å². The van der Waals surface area contributed by atoms with Gasteiger partial charge in [0.15, 0.2) is 11.5 Å². The molecule has 0 bridgehead atoms. The van der Waals surface area contributed by atoms with Gasteiger partial charge >= 0.3 is 5.97 Å². The van der Waals surface area contributed by atoms with Crippen LogP contribution < -0.4 is 9.47 Å². The summed E-state index contributed by atoms with van der Waals surface area (Å²) in [6.07, 6.45) is 0. The van der Waals surface area contributed by atoms with Crippen molar-refractivity contribution >= 4 is 21.9 Å². The number of methoxy groups -OCH3 is 1. The highest BCUT2D eigenvalue weighted by atomic mass is 79.9. The van der Waals surface area contributed by atoms with Gasteiger partial charge in [-0.1, -0.05) is 22.0 Å². The number of nitriles is 1. The van der Waals surface area contributed by atoms with E-state index in [9.17, 15) is 9.90 Å². The predicted molar refractivity (Wildman–Crippen MR) is 78.9 cm³/mol. The van der Waals surface area contributed by atoms with Gasteiger partial charge in [0.05, 0.1) is 12.7 Å². The van der Waals surface area contributed by atoms with Crippen LogP contribution in [0.2, 0.25) is 0 Å². The van der Waals surface area contributed by atoms with Crippen molar-refractivity contribution in [3.8, 4) is 23.3 Å². The molecule has 106 valence electrons. The maximum atomic E-state index is 11.3. The molecule has 1 N–H and O–H groups in total. The van der Waals surface area contributed by atoms with Crippen molar-refractivity contribution in [3.05, 3.63) is 52.0 Å². The lowest BCUT2D eigenvalue weighted by Crippen LogP contribution is -2.02. The molecule has 2 aromatic rings. The largest absolute Gasteiger partial charge is 0.493 e. The van der Waals surface area contributed by atoms with Crippen molar-refractivity contribution in [2.45, 2.75) is 0 Å². The molecule has 0 spiro atoms. The van der Waals surface area contributed by atoms with Crippen LogP contribution in [0.15, 0.2) is 40.9 Å². The molecule has 0 heterocycles. The van der Waals surface area contributed by atoms with Gasteiger partial charge in [0.2, 0.25) is 0 Å². The SMILES string of the molecule is COc1cccc(C(=O)O)c1Oc1ccc(Br)cc1C#N. The molecule has 2 aromatic carbocycles. The van der Waals surface area contributed by atoms with Crippen LogP contribution in [0.4, 0.5) is 0 Å². The van der Waals surface area contributed by atoms with Crippen molar-refractivity contribution in [1.29, 1.82) is 5.26 Å². The summed E-state index contributed by atoms with van der Waals surface area (Å²) in [7, 11) is 1.42. The number of carbonyl (C=O) groups is 1. The van der Waals surface area contributed by atoms with Gasteiger partial charge in [-0.15, -0.1) is 0 Å². The molecular formula is C15H10BrNO4.